The maximum absolute atomic E-state index is 11.9. The normalized spacial score (nSPS) is 10.6. The van der Waals surface area contributed by atoms with Gasteiger partial charge in [-0.2, -0.15) is 5.10 Å². The molecule has 0 unspecified atom stereocenters. The second-order valence-electron chi connectivity index (χ2n) is 4.98. The van der Waals surface area contributed by atoms with Crippen LogP contribution in [0.5, 0.6) is 5.75 Å². The summed E-state index contributed by atoms with van der Waals surface area (Å²) in [5, 5.41) is 35.1. The molecule has 0 aliphatic carbocycles. The number of carbonyl (C=O) groups is 1. The highest BCUT2D eigenvalue weighted by molar-refractivity contribution is 5.95. The summed E-state index contributed by atoms with van der Waals surface area (Å²) >= 11 is 0. The van der Waals surface area contributed by atoms with Crippen molar-refractivity contribution in [3.05, 3.63) is 73.3 Å². The van der Waals surface area contributed by atoms with E-state index >= 15 is 0 Å². The molecule has 0 aliphatic heterocycles. The van der Waals surface area contributed by atoms with E-state index in [2.05, 4.69) is 10.5 Å². The lowest BCUT2D eigenvalue weighted by Crippen LogP contribution is -2.17. The van der Waals surface area contributed by atoms with Crippen molar-refractivity contribution in [1.29, 1.82) is 0 Å². The van der Waals surface area contributed by atoms with Crippen molar-refractivity contribution in [3.63, 3.8) is 0 Å². The first kappa shape index (κ1) is 17.5. The van der Waals surface area contributed by atoms with Gasteiger partial charge >= 0.3 is 5.69 Å². The first-order chi connectivity index (χ1) is 11.8. The molecule has 2 rings (SSSR count). The highest BCUT2D eigenvalue weighted by atomic mass is 16.6. The Balaban J connectivity index is 2.25. The highest BCUT2D eigenvalue weighted by Gasteiger charge is 2.23. The number of amides is 1. The molecule has 2 aromatic carbocycles. The molecule has 2 aromatic rings. The number of nitro groups is 2. The van der Waals surface area contributed by atoms with E-state index in [1.165, 1.54) is 0 Å². The van der Waals surface area contributed by atoms with Gasteiger partial charge in [0, 0.05) is 11.6 Å². The molecule has 25 heavy (non-hydrogen) atoms. The zero-order chi connectivity index (χ0) is 18.6. The number of nitro benzene ring substituents is 2. The monoisotopic (exact) mass is 344 g/mol. The van der Waals surface area contributed by atoms with Gasteiger partial charge in [-0.3, -0.25) is 25.0 Å². The third-order valence-corrected chi connectivity index (χ3v) is 3.20. The van der Waals surface area contributed by atoms with Gasteiger partial charge < -0.3 is 5.11 Å². The van der Waals surface area contributed by atoms with Gasteiger partial charge in [-0.1, -0.05) is 17.7 Å². The summed E-state index contributed by atoms with van der Waals surface area (Å²) in [5.41, 5.74) is 1.78. The van der Waals surface area contributed by atoms with Crippen LogP contribution in [-0.2, 0) is 0 Å². The van der Waals surface area contributed by atoms with E-state index in [1.54, 1.807) is 24.3 Å². The van der Waals surface area contributed by atoms with Crippen molar-refractivity contribution in [1.82, 2.24) is 5.43 Å². The number of benzene rings is 2. The van der Waals surface area contributed by atoms with Crippen molar-refractivity contribution in [3.8, 4) is 5.75 Å². The van der Waals surface area contributed by atoms with E-state index in [9.17, 15) is 30.1 Å². The first-order valence-corrected chi connectivity index (χ1v) is 6.85. The Morgan fingerprint density at radius 1 is 1.16 bits per heavy atom. The number of non-ortho nitro benzene ring substituents is 1. The number of rotatable bonds is 5. The molecule has 0 radical (unpaired) electrons. The molecule has 0 aromatic heterocycles. The van der Waals surface area contributed by atoms with E-state index in [1.807, 2.05) is 6.92 Å². The van der Waals surface area contributed by atoms with Gasteiger partial charge in [-0.05, 0) is 19.1 Å². The minimum atomic E-state index is -0.954. The van der Waals surface area contributed by atoms with Crippen molar-refractivity contribution in [2.45, 2.75) is 6.92 Å². The van der Waals surface area contributed by atoms with E-state index in [-0.39, 0.29) is 5.56 Å². The van der Waals surface area contributed by atoms with E-state index in [0.717, 1.165) is 17.8 Å². The van der Waals surface area contributed by atoms with Crippen LogP contribution < -0.4 is 5.43 Å². The number of nitrogens with zero attached hydrogens (tertiary/aromatic N) is 3. The molecule has 0 heterocycles. The van der Waals surface area contributed by atoms with E-state index in [0.29, 0.717) is 11.6 Å². The summed E-state index contributed by atoms with van der Waals surface area (Å²) < 4.78 is 0. The van der Waals surface area contributed by atoms with Gasteiger partial charge in [-0.25, -0.2) is 5.43 Å². The number of phenolic OH excluding ortho intramolecular Hbond substituents is 1. The standard InChI is InChI=1S/C15H12N4O6/c1-9-2-4-10(5-3-9)15(21)17-16-8-11-6-12(18(22)23)7-13(14(11)20)19(24)25/h2-8,20H,1H3,(H,17,21)/b16-8-. The van der Waals surface area contributed by atoms with Crippen LogP contribution in [0.4, 0.5) is 11.4 Å². The van der Waals surface area contributed by atoms with Crippen LogP contribution in [0.25, 0.3) is 0 Å². The maximum atomic E-state index is 11.9. The van der Waals surface area contributed by atoms with Crippen LogP contribution in [-0.4, -0.2) is 27.1 Å². The van der Waals surface area contributed by atoms with Crippen LogP contribution in [0.2, 0.25) is 0 Å². The molecule has 0 fully saturated rings. The Hall–Kier alpha value is -3.82. The number of aromatic hydroxyl groups is 1. The van der Waals surface area contributed by atoms with E-state index < -0.39 is 32.9 Å². The molecule has 1 amide bonds. The van der Waals surface area contributed by atoms with Crippen LogP contribution in [0.3, 0.4) is 0 Å². The highest BCUT2D eigenvalue weighted by Crippen LogP contribution is 2.33. The van der Waals surface area contributed by atoms with E-state index in [4.69, 9.17) is 0 Å². The smallest absolute Gasteiger partial charge is 0.318 e. The largest absolute Gasteiger partial charge is 0.502 e. The number of carbonyl (C=O) groups excluding carboxylic acids is 1. The lowest BCUT2D eigenvalue weighted by Gasteiger charge is -2.02. The summed E-state index contributed by atoms with van der Waals surface area (Å²) in [6, 6.07) is 8.16. The maximum Gasteiger partial charge on any atom is 0.318 e. The Bertz CT molecular complexity index is 876. The molecule has 0 bridgehead atoms. The number of nitrogens with one attached hydrogen (secondary N) is 1. The molecule has 10 nitrogen and oxygen atoms in total. The molecule has 0 saturated carbocycles. The zero-order valence-corrected chi connectivity index (χ0v) is 12.9. The van der Waals surface area contributed by atoms with Crippen molar-refractivity contribution in [2.24, 2.45) is 5.10 Å². The number of hydrazone groups is 1. The Morgan fingerprint density at radius 2 is 1.80 bits per heavy atom. The molecule has 128 valence electrons. The first-order valence-electron chi connectivity index (χ1n) is 6.85. The number of phenols is 1. The van der Waals surface area contributed by atoms with Crippen LogP contribution in [0.1, 0.15) is 21.5 Å². The molecule has 0 atom stereocenters. The quantitative estimate of drug-likeness (QED) is 0.483. The van der Waals surface area contributed by atoms with Gasteiger partial charge in [0.05, 0.1) is 27.7 Å². The van der Waals surface area contributed by atoms with Gasteiger partial charge in [0.15, 0.2) is 0 Å². The fourth-order valence-electron chi connectivity index (χ4n) is 1.90. The SMILES string of the molecule is Cc1ccc(C(=O)N/N=C\c2cc([N+](=O)[O-])cc([N+](=O)[O-])c2O)cc1. The second kappa shape index (κ2) is 7.17. The number of aryl methyl sites for hydroxylation is 1. The average molecular weight is 344 g/mol. The van der Waals surface area contributed by atoms with Crippen LogP contribution >= 0.6 is 0 Å². The fraction of sp³-hybridized carbons (Fsp3) is 0.0667. The summed E-state index contributed by atoms with van der Waals surface area (Å²) in [6.45, 7) is 1.86. The summed E-state index contributed by atoms with van der Waals surface area (Å²) in [5.74, 6) is -1.33. The third kappa shape index (κ3) is 4.13. The molecule has 0 spiro atoms. The lowest BCUT2D eigenvalue weighted by atomic mass is 10.1. The predicted octanol–water partition coefficient (Wildman–Crippen LogP) is 2.28. The van der Waals surface area contributed by atoms with Crippen LogP contribution in [0.15, 0.2) is 41.5 Å². The second-order valence-corrected chi connectivity index (χ2v) is 4.98. The Kier molecular flexibility index (Phi) is 5.03. The molecule has 0 aliphatic rings. The summed E-state index contributed by atoms with van der Waals surface area (Å²) in [7, 11) is 0. The van der Waals surface area contributed by atoms with Gasteiger partial charge in [0.1, 0.15) is 0 Å². The molecule has 2 N–H and O–H groups in total. The van der Waals surface area contributed by atoms with Gasteiger partial charge in [0.25, 0.3) is 11.6 Å². The zero-order valence-electron chi connectivity index (χ0n) is 12.9. The van der Waals surface area contributed by atoms with Gasteiger partial charge in [0.2, 0.25) is 5.75 Å². The molecule has 0 saturated heterocycles. The average Bonchev–Trinajstić information content (AvgIpc) is 2.56. The topological polar surface area (TPSA) is 148 Å². The minimum absolute atomic E-state index is 0.273. The minimum Gasteiger partial charge on any atom is -0.502 e. The van der Waals surface area contributed by atoms with Crippen molar-refractivity contribution < 1.29 is 19.7 Å². The summed E-state index contributed by atoms with van der Waals surface area (Å²) in [6.07, 6.45) is 0.890. The van der Waals surface area contributed by atoms with Crippen molar-refractivity contribution in [2.75, 3.05) is 0 Å². The van der Waals surface area contributed by atoms with Crippen molar-refractivity contribution >= 4 is 23.5 Å². The Morgan fingerprint density at radius 3 is 2.36 bits per heavy atom. The van der Waals surface area contributed by atoms with Gasteiger partial charge in [-0.15, -0.1) is 0 Å². The lowest BCUT2D eigenvalue weighted by molar-refractivity contribution is -0.394. The number of hydrogen-bond acceptors (Lipinski definition) is 7. The molecular formula is C15H12N4O6. The summed E-state index contributed by atoms with van der Waals surface area (Å²) in [4.78, 5) is 31.8. The Labute approximate surface area is 140 Å². The fourth-order valence-corrected chi connectivity index (χ4v) is 1.90. The molecule has 10 heteroatoms. The predicted molar refractivity (Wildman–Crippen MR) is 87.7 cm³/mol. The number of hydrogen-bond donors (Lipinski definition) is 2. The van der Waals surface area contributed by atoms with Crippen LogP contribution in [0, 0.1) is 27.2 Å². The molecular weight excluding hydrogens is 332 g/mol. The third-order valence-electron chi connectivity index (χ3n) is 3.20.